The Morgan fingerprint density at radius 2 is 1.61 bits per heavy atom. The maximum atomic E-state index is 14.5. The van der Waals surface area contributed by atoms with Crippen LogP contribution < -0.4 is 5.32 Å². The van der Waals surface area contributed by atoms with E-state index in [1.165, 1.54) is 35.2 Å². The van der Waals surface area contributed by atoms with Gasteiger partial charge < -0.3 is 10.2 Å². The zero-order valence-corrected chi connectivity index (χ0v) is 20.7. The van der Waals surface area contributed by atoms with E-state index in [0.29, 0.717) is 5.56 Å². The van der Waals surface area contributed by atoms with Crippen molar-refractivity contribution in [3.8, 4) is 0 Å². The van der Waals surface area contributed by atoms with Crippen LogP contribution in [0.4, 0.5) is 8.78 Å². The number of benzene rings is 3. The predicted molar refractivity (Wildman–Crippen MR) is 136 cm³/mol. The molecule has 1 saturated carbocycles. The summed E-state index contributed by atoms with van der Waals surface area (Å²) in [6.07, 6.45) is 3.91. The van der Waals surface area contributed by atoms with E-state index in [0.717, 1.165) is 31.2 Å². The molecule has 188 valence electrons. The summed E-state index contributed by atoms with van der Waals surface area (Å²) in [5.74, 6) is -1.66. The molecule has 4 nitrogen and oxygen atoms in total. The fourth-order valence-electron chi connectivity index (χ4n) is 4.66. The van der Waals surface area contributed by atoms with E-state index >= 15 is 0 Å². The molecule has 1 atom stereocenters. The lowest BCUT2D eigenvalue weighted by Crippen LogP contribution is -2.52. The smallest absolute Gasteiger partial charge is 0.243 e. The van der Waals surface area contributed by atoms with E-state index < -0.39 is 23.6 Å². The quantitative estimate of drug-likeness (QED) is 0.392. The van der Waals surface area contributed by atoms with Crippen LogP contribution in [0.5, 0.6) is 0 Å². The Morgan fingerprint density at radius 1 is 0.917 bits per heavy atom. The van der Waals surface area contributed by atoms with Gasteiger partial charge in [0.2, 0.25) is 11.8 Å². The minimum absolute atomic E-state index is 0.0690. The largest absolute Gasteiger partial charge is 0.352 e. The lowest BCUT2D eigenvalue weighted by Gasteiger charge is -2.32. The number of nitrogens with one attached hydrogen (secondary N) is 1. The summed E-state index contributed by atoms with van der Waals surface area (Å²) >= 11 is 6.21. The highest BCUT2D eigenvalue weighted by Gasteiger charge is 2.32. The van der Waals surface area contributed by atoms with Gasteiger partial charge in [-0.3, -0.25) is 9.59 Å². The molecule has 0 spiro atoms. The summed E-state index contributed by atoms with van der Waals surface area (Å²) in [5.41, 5.74) is 1.64. The Labute approximate surface area is 215 Å². The second kappa shape index (κ2) is 12.1. The monoisotopic (exact) mass is 510 g/mol. The Balaban J connectivity index is 1.68. The van der Waals surface area contributed by atoms with Crippen LogP contribution in [0.3, 0.4) is 0 Å². The van der Waals surface area contributed by atoms with E-state index in [-0.39, 0.29) is 41.9 Å². The van der Waals surface area contributed by atoms with Crippen molar-refractivity contribution in [2.45, 2.75) is 57.2 Å². The van der Waals surface area contributed by atoms with Gasteiger partial charge in [0.25, 0.3) is 0 Å². The molecule has 0 heterocycles. The lowest BCUT2D eigenvalue weighted by molar-refractivity contribution is -0.141. The van der Waals surface area contributed by atoms with Crippen LogP contribution in [0, 0.1) is 11.6 Å². The maximum absolute atomic E-state index is 14.5. The first-order valence-corrected chi connectivity index (χ1v) is 12.6. The van der Waals surface area contributed by atoms with Gasteiger partial charge in [-0.25, -0.2) is 8.78 Å². The third-order valence-electron chi connectivity index (χ3n) is 6.63. The van der Waals surface area contributed by atoms with Gasteiger partial charge in [0, 0.05) is 29.6 Å². The second-order valence-electron chi connectivity index (χ2n) is 9.22. The van der Waals surface area contributed by atoms with Crippen molar-refractivity contribution in [1.82, 2.24) is 10.2 Å². The van der Waals surface area contributed by atoms with Gasteiger partial charge in [0.05, 0.1) is 6.42 Å². The molecule has 1 N–H and O–H groups in total. The fraction of sp³-hybridized carbons (Fsp3) is 0.310. The van der Waals surface area contributed by atoms with Crippen molar-refractivity contribution < 1.29 is 18.4 Å². The number of carbonyl (C=O) groups excluding carboxylic acids is 2. The van der Waals surface area contributed by atoms with Crippen LogP contribution in [0.25, 0.3) is 0 Å². The molecule has 2 amide bonds. The number of hydrogen-bond acceptors (Lipinski definition) is 2. The molecule has 1 aliphatic carbocycles. The van der Waals surface area contributed by atoms with Gasteiger partial charge >= 0.3 is 0 Å². The number of nitrogens with zero attached hydrogens (tertiary/aromatic N) is 1. The van der Waals surface area contributed by atoms with Crippen LogP contribution in [-0.4, -0.2) is 28.8 Å². The Morgan fingerprint density at radius 3 is 2.28 bits per heavy atom. The lowest BCUT2D eigenvalue weighted by atomic mass is 10.0. The molecular weight excluding hydrogens is 482 g/mol. The third kappa shape index (κ3) is 6.70. The highest BCUT2D eigenvalue weighted by Crippen LogP contribution is 2.23. The van der Waals surface area contributed by atoms with Gasteiger partial charge in [0.1, 0.15) is 17.7 Å². The summed E-state index contributed by atoms with van der Waals surface area (Å²) in [6, 6.07) is 18.8. The van der Waals surface area contributed by atoms with Gasteiger partial charge in [-0.2, -0.15) is 0 Å². The molecule has 0 saturated heterocycles. The number of hydrogen-bond donors (Lipinski definition) is 1. The van der Waals surface area contributed by atoms with Crippen LogP contribution in [-0.2, 0) is 29.0 Å². The number of amides is 2. The Kier molecular flexibility index (Phi) is 8.70. The van der Waals surface area contributed by atoms with Crippen molar-refractivity contribution in [3.63, 3.8) is 0 Å². The fourth-order valence-corrected chi connectivity index (χ4v) is 4.89. The van der Waals surface area contributed by atoms with Crippen molar-refractivity contribution in [2.24, 2.45) is 0 Å². The van der Waals surface area contributed by atoms with Crippen molar-refractivity contribution in [2.75, 3.05) is 0 Å². The summed E-state index contributed by atoms with van der Waals surface area (Å²) in [4.78, 5) is 28.8. The SMILES string of the molecule is O=C(NC1CCCC1)C(Cc1ccccc1)N(Cc1ccc(F)cc1)C(=O)Cc1c(F)cccc1Cl. The van der Waals surface area contributed by atoms with Gasteiger partial charge in [0.15, 0.2) is 0 Å². The predicted octanol–water partition coefficient (Wildman–Crippen LogP) is 5.86. The van der Waals surface area contributed by atoms with E-state index in [1.807, 2.05) is 30.3 Å². The molecular formula is C29H29ClF2N2O2. The summed E-state index contributed by atoms with van der Waals surface area (Å²) in [7, 11) is 0. The minimum atomic E-state index is -0.837. The molecule has 0 bridgehead atoms. The molecule has 1 unspecified atom stereocenters. The molecule has 0 radical (unpaired) electrons. The molecule has 1 aliphatic rings. The molecule has 0 aromatic heterocycles. The molecule has 0 aliphatic heterocycles. The average Bonchev–Trinajstić information content (AvgIpc) is 3.38. The van der Waals surface area contributed by atoms with Gasteiger partial charge in [-0.15, -0.1) is 0 Å². The van der Waals surface area contributed by atoms with Gasteiger partial charge in [-0.1, -0.05) is 73.0 Å². The van der Waals surface area contributed by atoms with Gasteiger partial charge in [-0.05, 0) is 48.2 Å². The first-order chi connectivity index (χ1) is 17.4. The molecule has 4 rings (SSSR count). The van der Waals surface area contributed by atoms with Crippen molar-refractivity contribution in [3.05, 3.63) is 106 Å². The van der Waals surface area contributed by atoms with Crippen molar-refractivity contribution in [1.29, 1.82) is 0 Å². The molecule has 7 heteroatoms. The highest BCUT2D eigenvalue weighted by molar-refractivity contribution is 6.31. The molecule has 36 heavy (non-hydrogen) atoms. The van der Waals surface area contributed by atoms with E-state index in [2.05, 4.69) is 5.32 Å². The molecule has 1 fully saturated rings. The summed E-state index contributed by atoms with van der Waals surface area (Å²) in [6.45, 7) is 0.0702. The second-order valence-corrected chi connectivity index (χ2v) is 9.63. The zero-order chi connectivity index (χ0) is 25.5. The van der Waals surface area contributed by atoms with E-state index in [1.54, 1.807) is 12.1 Å². The zero-order valence-electron chi connectivity index (χ0n) is 19.9. The van der Waals surface area contributed by atoms with Crippen LogP contribution >= 0.6 is 11.6 Å². The Hall–Kier alpha value is -3.25. The topological polar surface area (TPSA) is 49.4 Å². The molecule has 3 aromatic rings. The normalized spacial score (nSPS) is 14.4. The van der Waals surface area contributed by atoms with E-state index in [9.17, 15) is 18.4 Å². The first-order valence-electron chi connectivity index (χ1n) is 12.2. The van der Waals surface area contributed by atoms with Crippen LogP contribution in [0.15, 0.2) is 72.8 Å². The standard InChI is InChI=1S/C29H29ClF2N2O2/c30-25-11-6-12-26(32)24(25)18-28(35)34(19-21-13-15-22(31)16-14-21)27(17-20-7-2-1-3-8-20)29(36)33-23-9-4-5-10-23/h1-3,6-8,11-16,23,27H,4-5,9-10,17-19H2,(H,33,36). The Bertz CT molecular complexity index is 1160. The number of carbonyl (C=O) groups is 2. The molecule has 3 aromatic carbocycles. The average molecular weight is 511 g/mol. The van der Waals surface area contributed by atoms with Crippen LogP contribution in [0.1, 0.15) is 42.4 Å². The number of rotatable bonds is 9. The third-order valence-corrected chi connectivity index (χ3v) is 6.98. The first kappa shape index (κ1) is 25.8. The summed E-state index contributed by atoms with van der Waals surface area (Å²) < 4.78 is 28.1. The highest BCUT2D eigenvalue weighted by atomic mass is 35.5. The van der Waals surface area contributed by atoms with Crippen molar-refractivity contribution >= 4 is 23.4 Å². The van der Waals surface area contributed by atoms with Crippen LogP contribution in [0.2, 0.25) is 5.02 Å². The van der Waals surface area contributed by atoms with E-state index in [4.69, 9.17) is 11.6 Å². The maximum Gasteiger partial charge on any atom is 0.243 e. The minimum Gasteiger partial charge on any atom is -0.352 e. The number of halogens is 3. The summed E-state index contributed by atoms with van der Waals surface area (Å²) in [5, 5.41) is 3.28.